The summed E-state index contributed by atoms with van der Waals surface area (Å²) < 4.78 is 5.58. The molecule has 1 aromatic rings. The third-order valence-electron chi connectivity index (χ3n) is 2.15. The van der Waals surface area contributed by atoms with E-state index in [2.05, 4.69) is 16.2 Å². The van der Waals surface area contributed by atoms with Crippen molar-refractivity contribution in [3.63, 3.8) is 0 Å². The number of rotatable bonds is 2. The van der Waals surface area contributed by atoms with Crippen molar-refractivity contribution in [2.45, 2.75) is 19.8 Å². The predicted octanol–water partition coefficient (Wildman–Crippen LogP) is 2.79. The van der Waals surface area contributed by atoms with Crippen LogP contribution in [0.5, 0.6) is 5.75 Å². The predicted molar refractivity (Wildman–Crippen MR) is 54.0 cm³/mol. The van der Waals surface area contributed by atoms with Gasteiger partial charge in [-0.15, -0.1) is 0 Å². The maximum atomic E-state index is 9.09. The molecule has 12 heavy (non-hydrogen) atoms. The summed E-state index contributed by atoms with van der Waals surface area (Å²) in [6, 6.07) is 7.63. The Labute approximate surface area is 82.1 Å². The molecule has 1 aromatic carbocycles. The summed E-state index contributed by atoms with van der Waals surface area (Å²) in [4.78, 5) is 0. The van der Waals surface area contributed by atoms with E-state index in [1.54, 1.807) is 12.1 Å². The zero-order valence-electron chi connectivity index (χ0n) is 7.78. The first kappa shape index (κ1) is 9.99. The molecule has 0 radical (unpaired) electrons. The number of phenols is 1. The van der Waals surface area contributed by atoms with Gasteiger partial charge in [-0.05, 0) is 0 Å². The second-order valence-electron chi connectivity index (χ2n) is 3.23. The molecule has 1 atom stereocenters. The fourth-order valence-corrected chi connectivity index (χ4v) is 4.04. The van der Waals surface area contributed by atoms with Gasteiger partial charge in [0.05, 0.1) is 0 Å². The van der Waals surface area contributed by atoms with Crippen LogP contribution >= 0.6 is 0 Å². The van der Waals surface area contributed by atoms with Crippen LogP contribution in [0.3, 0.4) is 0 Å². The average molecular weight is 360 g/mol. The van der Waals surface area contributed by atoms with Crippen LogP contribution in [-0.4, -0.2) is 26.9 Å². The first-order chi connectivity index (χ1) is 5.61. The molecule has 0 aromatic heterocycles. The molecule has 66 valence electrons. The molecular weight excluding hydrogens is 345 g/mol. The van der Waals surface area contributed by atoms with Crippen LogP contribution in [0.25, 0.3) is 0 Å². The van der Waals surface area contributed by atoms with Gasteiger partial charge in [0.15, 0.2) is 0 Å². The van der Waals surface area contributed by atoms with Gasteiger partial charge < -0.3 is 0 Å². The summed E-state index contributed by atoms with van der Waals surface area (Å²) in [5.41, 5.74) is 1.38. The summed E-state index contributed by atoms with van der Waals surface area (Å²) in [6.45, 7) is 2.30. The second kappa shape index (κ2) is 4.23. The molecule has 0 bridgehead atoms. The molecule has 0 aliphatic carbocycles. The van der Waals surface area contributed by atoms with Gasteiger partial charge in [0, 0.05) is 0 Å². The van der Waals surface area contributed by atoms with Gasteiger partial charge in [-0.3, -0.25) is 0 Å². The third-order valence-corrected chi connectivity index (χ3v) is 9.33. The summed E-state index contributed by atoms with van der Waals surface area (Å²) in [6.07, 6.45) is 0. The molecule has 1 rings (SSSR count). The Morgan fingerprint density at radius 2 is 1.67 bits per heavy atom. The van der Waals surface area contributed by atoms with Crippen LogP contribution in [0.4, 0.5) is 0 Å². The second-order valence-corrected chi connectivity index (χ2v) is 13.7. The number of benzene rings is 1. The van der Waals surface area contributed by atoms with Crippen molar-refractivity contribution < 1.29 is 5.11 Å². The van der Waals surface area contributed by atoms with Crippen LogP contribution in [-0.2, 0) is 0 Å². The number of aromatic hydroxyl groups is 1. The molecule has 1 N–H and O–H groups in total. The molecule has 0 aliphatic heterocycles. The standard InChI is InChI=1S/C8H9O.2CH3.Bi/c1-2-7-3-5-8(9)6-4-7;;;/h2-6,9H,1H3;2*1H3;. The first-order valence-electron chi connectivity index (χ1n) is 4.06. The molecule has 0 heterocycles. The van der Waals surface area contributed by atoms with Crippen LogP contribution in [0, 0.1) is 0 Å². The third kappa shape index (κ3) is 2.45. The Morgan fingerprint density at radius 1 is 1.17 bits per heavy atom. The van der Waals surface area contributed by atoms with E-state index in [0.29, 0.717) is 5.75 Å². The summed E-state index contributed by atoms with van der Waals surface area (Å²) >= 11 is -1.17. The van der Waals surface area contributed by atoms with Crippen LogP contribution in [0.2, 0.25) is 9.26 Å². The Kier molecular flexibility index (Phi) is 3.52. The molecule has 1 unspecified atom stereocenters. The van der Waals surface area contributed by atoms with Gasteiger partial charge in [-0.2, -0.15) is 0 Å². The molecule has 0 saturated carbocycles. The maximum absolute atomic E-state index is 9.09. The molecule has 1 nitrogen and oxygen atoms in total. The van der Waals surface area contributed by atoms with Crippen molar-refractivity contribution in [1.29, 1.82) is 0 Å². The van der Waals surface area contributed by atoms with E-state index in [1.165, 1.54) is 5.56 Å². The summed E-state index contributed by atoms with van der Waals surface area (Å²) in [5, 5.41) is 9.09. The number of phenolic OH excluding ortho intramolecular Hbond substituents is 1. The van der Waals surface area contributed by atoms with Gasteiger partial charge in [0.1, 0.15) is 0 Å². The molecular formula is C10H15BiO. The Hall–Kier alpha value is -0.0969. The van der Waals surface area contributed by atoms with Crippen LogP contribution in [0.1, 0.15) is 16.1 Å². The van der Waals surface area contributed by atoms with Crippen LogP contribution < -0.4 is 0 Å². The number of hydrogen-bond acceptors (Lipinski definition) is 1. The quantitative estimate of drug-likeness (QED) is 0.805. The molecule has 0 aliphatic rings. The van der Waals surface area contributed by atoms with Gasteiger partial charge in [0.2, 0.25) is 0 Å². The van der Waals surface area contributed by atoms with E-state index in [-0.39, 0.29) is 0 Å². The van der Waals surface area contributed by atoms with Gasteiger partial charge in [0.25, 0.3) is 0 Å². The van der Waals surface area contributed by atoms with E-state index < -0.39 is 21.8 Å². The van der Waals surface area contributed by atoms with Gasteiger partial charge >= 0.3 is 82.2 Å². The van der Waals surface area contributed by atoms with Crippen LogP contribution in [0.15, 0.2) is 24.3 Å². The monoisotopic (exact) mass is 360 g/mol. The van der Waals surface area contributed by atoms with Crippen molar-refractivity contribution in [2.75, 3.05) is 0 Å². The zero-order chi connectivity index (χ0) is 9.14. The van der Waals surface area contributed by atoms with Crippen molar-refractivity contribution in [2.24, 2.45) is 0 Å². The zero-order valence-corrected chi connectivity index (χ0v) is 11.3. The minimum absolute atomic E-state index is 0.365. The van der Waals surface area contributed by atoms with Crippen molar-refractivity contribution in [3.05, 3.63) is 29.8 Å². The molecule has 2 heteroatoms. The SMILES string of the molecule is C[CH](c1ccc(O)cc1)[Bi]([CH3])[CH3]. The van der Waals surface area contributed by atoms with E-state index in [1.807, 2.05) is 12.1 Å². The molecule has 0 saturated heterocycles. The van der Waals surface area contributed by atoms with E-state index >= 15 is 0 Å². The Balaban J connectivity index is 2.82. The van der Waals surface area contributed by atoms with Gasteiger partial charge in [-0.25, -0.2) is 0 Å². The van der Waals surface area contributed by atoms with Crippen molar-refractivity contribution >= 4 is 21.8 Å². The molecule has 0 fully saturated rings. The average Bonchev–Trinajstić information content (AvgIpc) is 2.04. The van der Waals surface area contributed by atoms with E-state index in [4.69, 9.17) is 5.11 Å². The van der Waals surface area contributed by atoms with E-state index in [0.717, 1.165) is 3.63 Å². The fourth-order valence-electron chi connectivity index (χ4n) is 1.05. The minimum atomic E-state index is -1.17. The Bertz CT molecular complexity index is 241. The first-order valence-corrected chi connectivity index (χ1v) is 13.0. The summed E-state index contributed by atoms with van der Waals surface area (Å²) in [7, 11) is 0. The van der Waals surface area contributed by atoms with Crippen molar-refractivity contribution in [3.8, 4) is 5.75 Å². The fraction of sp³-hybridized carbons (Fsp3) is 0.400. The van der Waals surface area contributed by atoms with Gasteiger partial charge in [-0.1, -0.05) is 0 Å². The Morgan fingerprint density at radius 3 is 2.08 bits per heavy atom. The normalized spacial score (nSPS) is 13.3. The van der Waals surface area contributed by atoms with E-state index in [9.17, 15) is 0 Å². The molecule has 0 spiro atoms. The number of hydrogen-bond donors (Lipinski definition) is 1. The summed E-state index contributed by atoms with van der Waals surface area (Å²) in [5.74, 6) is 0.365. The molecule has 0 amide bonds. The van der Waals surface area contributed by atoms with Crippen molar-refractivity contribution in [1.82, 2.24) is 0 Å². The topological polar surface area (TPSA) is 20.2 Å².